The minimum atomic E-state index is -4.48. The van der Waals surface area contributed by atoms with Gasteiger partial charge in [0.2, 0.25) is 0 Å². The lowest BCUT2D eigenvalue weighted by atomic mass is 10.0. The van der Waals surface area contributed by atoms with Crippen LogP contribution in [0.25, 0.3) is 11.3 Å². The molecule has 0 bridgehead atoms. The highest BCUT2D eigenvalue weighted by Gasteiger charge is 2.31. The molecule has 0 radical (unpaired) electrons. The van der Waals surface area contributed by atoms with Crippen LogP contribution in [-0.2, 0) is 10.9 Å². The fourth-order valence-corrected chi connectivity index (χ4v) is 3.22. The Labute approximate surface area is 156 Å². The second-order valence-electron chi connectivity index (χ2n) is 5.57. The van der Waals surface area contributed by atoms with Crippen LogP contribution >= 0.6 is 11.3 Å². The number of carbonyl (C=O) groups is 2. The number of methoxy groups -OCH3 is 1. The molecule has 0 fully saturated rings. The quantitative estimate of drug-likeness (QED) is 0.618. The molecule has 0 unspecified atom stereocenters. The van der Waals surface area contributed by atoms with Gasteiger partial charge < -0.3 is 4.74 Å². The average Bonchev–Trinajstić information content (AvgIpc) is 3.28. The molecule has 2 aromatic heterocycles. The van der Waals surface area contributed by atoms with Gasteiger partial charge >= 0.3 is 12.1 Å². The van der Waals surface area contributed by atoms with Gasteiger partial charge in [-0.25, -0.2) is 4.79 Å². The van der Waals surface area contributed by atoms with Crippen LogP contribution in [0.3, 0.4) is 0 Å². The summed E-state index contributed by atoms with van der Waals surface area (Å²) in [5.41, 5.74) is -0.198. The summed E-state index contributed by atoms with van der Waals surface area (Å²) in [6.07, 6.45) is -4.48. The van der Waals surface area contributed by atoms with Crippen LogP contribution in [0.2, 0.25) is 0 Å². The topological polar surface area (TPSA) is 61.2 Å². The van der Waals surface area contributed by atoms with Crippen LogP contribution in [0.1, 0.15) is 31.3 Å². The summed E-state index contributed by atoms with van der Waals surface area (Å²) in [5.74, 6) is -1.17. The fourth-order valence-electron chi connectivity index (χ4n) is 2.57. The van der Waals surface area contributed by atoms with Crippen molar-refractivity contribution in [1.82, 2.24) is 9.78 Å². The number of hydrogen-bond acceptors (Lipinski definition) is 5. The van der Waals surface area contributed by atoms with E-state index >= 15 is 0 Å². The van der Waals surface area contributed by atoms with Crippen molar-refractivity contribution in [1.29, 1.82) is 0 Å². The third-order valence-electron chi connectivity index (χ3n) is 3.92. The SMILES string of the molecule is COC(=O)c1c(-c2ccc(C(F)(F)F)cc2)nn(C(=O)c2cccs2)c1C. The van der Waals surface area contributed by atoms with Gasteiger partial charge in [0, 0.05) is 5.56 Å². The predicted molar refractivity (Wildman–Crippen MR) is 92.8 cm³/mol. The normalized spacial score (nSPS) is 11.4. The number of ether oxygens (including phenoxy) is 1. The van der Waals surface area contributed by atoms with E-state index in [2.05, 4.69) is 5.10 Å². The number of benzene rings is 1. The third kappa shape index (κ3) is 3.50. The molecule has 5 nitrogen and oxygen atoms in total. The van der Waals surface area contributed by atoms with Crippen LogP contribution in [0, 0.1) is 6.92 Å². The highest BCUT2D eigenvalue weighted by atomic mass is 32.1. The molecule has 0 atom stereocenters. The number of hydrogen-bond donors (Lipinski definition) is 0. The highest BCUT2D eigenvalue weighted by Crippen LogP contribution is 2.32. The lowest BCUT2D eigenvalue weighted by molar-refractivity contribution is -0.137. The Hall–Kier alpha value is -2.94. The summed E-state index contributed by atoms with van der Waals surface area (Å²) in [6.45, 7) is 1.53. The molecule has 1 aromatic carbocycles. The molecule has 0 amide bonds. The minimum Gasteiger partial charge on any atom is -0.465 e. The summed E-state index contributed by atoms with van der Waals surface area (Å²) in [6, 6.07) is 7.52. The number of alkyl halides is 3. The molecule has 0 aliphatic rings. The molecular formula is C18H13F3N2O3S. The number of thiophene rings is 1. The summed E-state index contributed by atoms with van der Waals surface area (Å²) in [7, 11) is 1.18. The largest absolute Gasteiger partial charge is 0.465 e. The van der Waals surface area contributed by atoms with Gasteiger partial charge in [0.15, 0.2) is 0 Å². The first kappa shape index (κ1) is 18.8. The molecule has 0 aliphatic carbocycles. The van der Waals surface area contributed by atoms with Gasteiger partial charge in [-0.3, -0.25) is 4.79 Å². The summed E-state index contributed by atoms with van der Waals surface area (Å²) >= 11 is 1.21. The third-order valence-corrected chi connectivity index (χ3v) is 4.77. The van der Waals surface area contributed by atoms with Crippen molar-refractivity contribution in [2.45, 2.75) is 13.1 Å². The Morgan fingerprint density at radius 3 is 2.33 bits per heavy atom. The maximum Gasteiger partial charge on any atom is 0.416 e. The van der Waals surface area contributed by atoms with E-state index in [0.717, 1.165) is 16.8 Å². The minimum absolute atomic E-state index is 0.0298. The van der Waals surface area contributed by atoms with E-state index in [1.807, 2.05) is 0 Å². The molecule has 27 heavy (non-hydrogen) atoms. The van der Waals surface area contributed by atoms with Crippen molar-refractivity contribution in [3.8, 4) is 11.3 Å². The lowest BCUT2D eigenvalue weighted by Gasteiger charge is -2.07. The standard InChI is InChI=1S/C18H13F3N2O3S/c1-10-14(17(25)26-2)15(11-5-7-12(8-6-11)18(19,20)21)22-23(10)16(24)13-4-3-9-27-13/h3-9H,1-2H3. The summed E-state index contributed by atoms with van der Waals surface area (Å²) < 4.78 is 44.2. The van der Waals surface area contributed by atoms with Gasteiger partial charge in [-0.05, 0) is 30.5 Å². The van der Waals surface area contributed by atoms with Crippen molar-refractivity contribution >= 4 is 23.2 Å². The predicted octanol–water partition coefficient (Wildman–Crippen LogP) is 4.41. The number of rotatable bonds is 3. The molecule has 140 valence electrons. The molecule has 0 aliphatic heterocycles. The van der Waals surface area contributed by atoms with Crippen molar-refractivity contribution in [3.63, 3.8) is 0 Å². The van der Waals surface area contributed by atoms with E-state index in [4.69, 9.17) is 4.74 Å². The number of esters is 1. The second-order valence-corrected chi connectivity index (χ2v) is 6.52. The van der Waals surface area contributed by atoms with Gasteiger partial charge in [-0.15, -0.1) is 11.3 Å². The molecule has 0 saturated heterocycles. The number of aromatic nitrogens is 2. The van der Waals surface area contributed by atoms with Crippen molar-refractivity contribution in [2.24, 2.45) is 0 Å². The zero-order valence-corrected chi connectivity index (χ0v) is 15.0. The first-order valence-corrected chi connectivity index (χ1v) is 8.55. The molecule has 3 rings (SSSR count). The molecule has 9 heteroatoms. The van der Waals surface area contributed by atoms with Gasteiger partial charge in [0.25, 0.3) is 5.91 Å². The first-order chi connectivity index (χ1) is 12.7. The van der Waals surface area contributed by atoms with Gasteiger partial charge in [-0.1, -0.05) is 18.2 Å². The van der Waals surface area contributed by atoms with E-state index in [0.29, 0.717) is 4.88 Å². The van der Waals surface area contributed by atoms with E-state index < -0.39 is 23.6 Å². The molecule has 0 N–H and O–H groups in total. The van der Waals surface area contributed by atoms with Crippen molar-refractivity contribution < 1.29 is 27.5 Å². The van der Waals surface area contributed by atoms with Crippen LogP contribution < -0.4 is 0 Å². The van der Waals surface area contributed by atoms with Gasteiger partial charge in [0.05, 0.1) is 23.2 Å². The smallest absolute Gasteiger partial charge is 0.416 e. The Kier molecular flexibility index (Phi) is 4.88. The molecule has 0 saturated carbocycles. The number of nitrogens with zero attached hydrogens (tertiary/aromatic N) is 2. The molecular weight excluding hydrogens is 381 g/mol. The first-order valence-electron chi connectivity index (χ1n) is 7.67. The lowest BCUT2D eigenvalue weighted by Crippen LogP contribution is -2.14. The van der Waals surface area contributed by atoms with Crippen LogP contribution in [0.5, 0.6) is 0 Å². The number of halogens is 3. The summed E-state index contributed by atoms with van der Waals surface area (Å²) in [4.78, 5) is 25.3. The monoisotopic (exact) mass is 394 g/mol. The Bertz CT molecular complexity index is 990. The highest BCUT2D eigenvalue weighted by molar-refractivity contribution is 7.12. The zero-order valence-electron chi connectivity index (χ0n) is 14.2. The fraction of sp³-hybridized carbons (Fsp3) is 0.167. The van der Waals surface area contributed by atoms with Crippen LogP contribution in [0.4, 0.5) is 13.2 Å². The Balaban J connectivity index is 2.13. The van der Waals surface area contributed by atoms with E-state index in [1.54, 1.807) is 17.5 Å². The van der Waals surface area contributed by atoms with Crippen molar-refractivity contribution in [3.05, 3.63) is 63.5 Å². The Morgan fingerprint density at radius 1 is 1.15 bits per heavy atom. The molecule has 0 spiro atoms. The second kappa shape index (κ2) is 6.99. The van der Waals surface area contributed by atoms with E-state index in [1.165, 1.54) is 37.5 Å². The summed E-state index contributed by atoms with van der Waals surface area (Å²) in [5, 5.41) is 5.91. The van der Waals surface area contributed by atoms with Gasteiger partial charge in [0.1, 0.15) is 11.3 Å². The number of carbonyl (C=O) groups excluding carboxylic acids is 2. The Morgan fingerprint density at radius 2 is 1.81 bits per heavy atom. The van der Waals surface area contributed by atoms with Gasteiger partial charge in [-0.2, -0.15) is 23.0 Å². The zero-order chi connectivity index (χ0) is 19.8. The molecule has 3 aromatic rings. The van der Waals surface area contributed by atoms with Crippen molar-refractivity contribution in [2.75, 3.05) is 7.11 Å². The molecule has 2 heterocycles. The maximum absolute atomic E-state index is 12.8. The van der Waals surface area contributed by atoms with Crippen LogP contribution in [-0.4, -0.2) is 28.8 Å². The van der Waals surface area contributed by atoms with E-state index in [9.17, 15) is 22.8 Å². The van der Waals surface area contributed by atoms with Crippen LogP contribution in [0.15, 0.2) is 41.8 Å². The maximum atomic E-state index is 12.8. The average molecular weight is 394 g/mol. The van der Waals surface area contributed by atoms with E-state index in [-0.39, 0.29) is 22.5 Å².